The van der Waals surface area contributed by atoms with Crippen molar-refractivity contribution < 1.29 is 23.9 Å². The van der Waals surface area contributed by atoms with Crippen LogP contribution in [0.5, 0.6) is 0 Å². The third-order valence-corrected chi connectivity index (χ3v) is 4.53. The summed E-state index contributed by atoms with van der Waals surface area (Å²) in [7, 11) is 0. The number of piperidine rings is 1. The number of nitrogens with zero attached hydrogens (tertiary/aromatic N) is 2. The molecule has 1 saturated heterocycles. The molecule has 27 heavy (non-hydrogen) atoms. The first-order valence-corrected chi connectivity index (χ1v) is 8.76. The Morgan fingerprint density at radius 2 is 2.04 bits per heavy atom. The minimum Gasteiger partial charge on any atom is -0.480 e. The van der Waals surface area contributed by atoms with Gasteiger partial charge in [-0.05, 0) is 44.4 Å². The van der Waals surface area contributed by atoms with E-state index in [4.69, 9.17) is 4.42 Å². The van der Waals surface area contributed by atoms with Crippen LogP contribution in [0.15, 0.2) is 28.7 Å². The molecule has 2 aromatic rings. The number of nitrogens with one attached hydrogen (secondary N) is 1. The summed E-state index contributed by atoms with van der Waals surface area (Å²) in [6, 6.07) is 5.62. The fourth-order valence-corrected chi connectivity index (χ4v) is 3.26. The molecule has 0 bridgehead atoms. The normalized spacial score (nSPS) is 16.8. The second-order valence-electron chi connectivity index (χ2n) is 6.53. The molecule has 0 saturated carbocycles. The van der Waals surface area contributed by atoms with Crippen molar-refractivity contribution in [3.63, 3.8) is 0 Å². The van der Waals surface area contributed by atoms with E-state index in [0.717, 1.165) is 12.8 Å². The number of anilines is 1. The molecule has 2 heterocycles. The lowest BCUT2D eigenvalue weighted by Crippen LogP contribution is -2.48. The maximum atomic E-state index is 12.8. The van der Waals surface area contributed by atoms with E-state index in [-0.39, 0.29) is 11.7 Å². The third-order valence-electron chi connectivity index (χ3n) is 4.53. The molecule has 0 spiro atoms. The van der Waals surface area contributed by atoms with Crippen LogP contribution in [0, 0.1) is 13.8 Å². The van der Waals surface area contributed by atoms with Crippen molar-refractivity contribution in [2.45, 2.75) is 39.2 Å². The number of aliphatic carboxylic acids is 1. The van der Waals surface area contributed by atoms with Gasteiger partial charge in [-0.2, -0.15) is 0 Å². The van der Waals surface area contributed by atoms with Crippen LogP contribution < -0.4 is 5.32 Å². The molecule has 1 aliphatic heterocycles. The predicted molar refractivity (Wildman–Crippen MR) is 96.7 cm³/mol. The lowest BCUT2D eigenvalue weighted by atomic mass is 10.0. The Balaban J connectivity index is 1.78. The van der Waals surface area contributed by atoms with Gasteiger partial charge >= 0.3 is 5.97 Å². The number of likely N-dealkylation sites (tertiary alicyclic amines) is 1. The zero-order chi connectivity index (χ0) is 19.6. The Bertz CT molecular complexity index is 889. The van der Waals surface area contributed by atoms with Crippen molar-refractivity contribution in [2.24, 2.45) is 0 Å². The average Bonchev–Trinajstić information content (AvgIpc) is 2.99. The van der Waals surface area contributed by atoms with E-state index >= 15 is 0 Å². The van der Waals surface area contributed by atoms with E-state index in [9.17, 15) is 19.5 Å². The van der Waals surface area contributed by atoms with Gasteiger partial charge in [0.25, 0.3) is 11.8 Å². The minimum absolute atomic E-state index is 0.117. The van der Waals surface area contributed by atoms with Crippen molar-refractivity contribution in [3.05, 3.63) is 47.2 Å². The van der Waals surface area contributed by atoms with Gasteiger partial charge in [0.2, 0.25) is 5.76 Å². The minimum atomic E-state index is -0.997. The summed E-state index contributed by atoms with van der Waals surface area (Å²) in [4.78, 5) is 42.0. The summed E-state index contributed by atoms with van der Waals surface area (Å²) in [6.07, 6.45) is 2.00. The fraction of sp³-hybridized carbons (Fsp3) is 0.368. The van der Waals surface area contributed by atoms with E-state index in [1.54, 1.807) is 32.0 Å². The van der Waals surface area contributed by atoms with Crippen LogP contribution in [-0.4, -0.2) is 45.4 Å². The van der Waals surface area contributed by atoms with Crippen LogP contribution in [0.2, 0.25) is 0 Å². The van der Waals surface area contributed by atoms with Crippen molar-refractivity contribution in [1.29, 1.82) is 0 Å². The molecule has 1 unspecified atom stereocenters. The number of aromatic nitrogens is 1. The highest BCUT2D eigenvalue weighted by Crippen LogP contribution is 2.22. The molecule has 1 aromatic carbocycles. The number of carbonyl (C=O) groups excluding carboxylic acids is 2. The van der Waals surface area contributed by atoms with E-state index in [2.05, 4.69) is 10.3 Å². The van der Waals surface area contributed by atoms with Gasteiger partial charge in [-0.25, -0.2) is 9.78 Å². The summed E-state index contributed by atoms with van der Waals surface area (Å²) < 4.78 is 5.30. The van der Waals surface area contributed by atoms with Crippen molar-refractivity contribution >= 4 is 23.5 Å². The second kappa shape index (κ2) is 7.61. The lowest BCUT2D eigenvalue weighted by Gasteiger charge is -2.33. The second-order valence-corrected chi connectivity index (χ2v) is 6.53. The van der Waals surface area contributed by atoms with Gasteiger partial charge in [-0.1, -0.05) is 6.07 Å². The van der Waals surface area contributed by atoms with Gasteiger partial charge in [-0.15, -0.1) is 0 Å². The molecular weight excluding hydrogens is 350 g/mol. The Morgan fingerprint density at radius 1 is 1.26 bits per heavy atom. The number of rotatable bonds is 4. The summed E-state index contributed by atoms with van der Waals surface area (Å²) in [5, 5.41) is 12.0. The highest BCUT2D eigenvalue weighted by molar-refractivity contribution is 6.04. The molecule has 1 atom stereocenters. The molecule has 8 nitrogen and oxygen atoms in total. The number of oxazole rings is 1. The maximum Gasteiger partial charge on any atom is 0.326 e. The Kier molecular flexibility index (Phi) is 5.25. The van der Waals surface area contributed by atoms with Gasteiger partial charge in [0.1, 0.15) is 6.04 Å². The number of benzene rings is 1. The zero-order valence-electron chi connectivity index (χ0n) is 15.2. The number of carboxylic acid groups (broad SMARTS) is 1. The van der Waals surface area contributed by atoms with Crippen LogP contribution in [0.3, 0.4) is 0 Å². The quantitative estimate of drug-likeness (QED) is 0.854. The van der Waals surface area contributed by atoms with Crippen molar-refractivity contribution in [2.75, 3.05) is 11.9 Å². The summed E-state index contributed by atoms with van der Waals surface area (Å²) >= 11 is 0. The first kappa shape index (κ1) is 18.6. The molecule has 1 aromatic heterocycles. The standard InChI is InChI=1S/C19H21N3O5/c1-11-16(27-12(2)20-11)17(23)21-14-7-5-6-13(10-14)18(24)22-9-4-3-8-15(22)19(25)26/h5-7,10,15H,3-4,8-9H2,1-2H3,(H,21,23)(H,25,26). The van der Waals surface area contributed by atoms with E-state index < -0.39 is 17.9 Å². The van der Waals surface area contributed by atoms with Crippen LogP contribution in [0.25, 0.3) is 0 Å². The number of aryl methyl sites for hydroxylation is 2. The van der Waals surface area contributed by atoms with Gasteiger partial charge in [0.15, 0.2) is 5.89 Å². The summed E-state index contributed by atoms with van der Waals surface area (Å²) in [5.41, 5.74) is 1.23. The number of hydrogen-bond donors (Lipinski definition) is 2. The molecule has 2 amide bonds. The maximum absolute atomic E-state index is 12.8. The largest absolute Gasteiger partial charge is 0.480 e. The Hall–Kier alpha value is -3.16. The lowest BCUT2D eigenvalue weighted by molar-refractivity contribution is -0.143. The highest BCUT2D eigenvalue weighted by atomic mass is 16.4. The number of carboxylic acids is 1. The van der Waals surface area contributed by atoms with Crippen LogP contribution in [0.1, 0.15) is 51.8 Å². The third kappa shape index (κ3) is 3.99. The number of hydrogen-bond acceptors (Lipinski definition) is 5. The van der Waals surface area contributed by atoms with E-state index in [1.165, 1.54) is 11.0 Å². The van der Waals surface area contributed by atoms with Crippen LogP contribution >= 0.6 is 0 Å². The van der Waals surface area contributed by atoms with Gasteiger partial charge < -0.3 is 19.7 Å². The first-order valence-electron chi connectivity index (χ1n) is 8.76. The van der Waals surface area contributed by atoms with Crippen molar-refractivity contribution in [3.8, 4) is 0 Å². The molecule has 1 fully saturated rings. The summed E-state index contributed by atoms with van der Waals surface area (Å²) in [6.45, 7) is 3.73. The van der Waals surface area contributed by atoms with Gasteiger partial charge in [0, 0.05) is 24.7 Å². The monoisotopic (exact) mass is 371 g/mol. The van der Waals surface area contributed by atoms with Crippen LogP contribution in [0.4, 0.5) is 5.69 Å². The first-order chi connectivity index (χ1) is 12.9. The molecule has 3 rings (SSSR count). The molecular formula is C19H21N3O5. The van der Waals surface area contributed by atoms with Crippen LogP contribution in [-0.2, 0) is 4.79 Å². The zero-order valence-corrected chi connectivity index (χ0v) is 15.2. The molecule has 1 aliphatic rings. The average molecular weight is 371 g/mol. The van der Waals surface area contributed by atoms with Gasteiger partial charge in [0.05, 0.1) is 5.69 Å². The smallest absolute Gasteiger partial charge is 0.326 e. The molecule has 142 valence electrons. The fourth-order valence-electron chi connectivity index (χ4n) is 3.26. The Morgan fingerprint density at radius 3 is 2.70 bits per heavy atom. The summed E-state index contributed by atoms with van der Waals surface area (Å²) in [5.74, 6) is -1.30. The van der Waals surface area contributed by atoms with E-state index in [0.29, 0.717) is 35.8 Å². The molecule has 2 N–H and O–H groups in total. The number of carbonyl (C=O) groups is 3. The number of amides is 2. The topological polar surface area (TPSA) is 113 Å². The van der Waals surface area contributed by atoms with Gasteiger partial charge in [-0.3, -0.25) is 9.59 Å². The molecule has 0 aliphatic carbocycles. The van der Waals surface area contributed by atoms with Crippen molar-refractivity contribution in [1.82, 2.24) is 9.88 Å². The van der Waals surface area contributed by atoms with E-state index in [1.807, 2.05) is 0 Å². The Labute approximate surface area is 156 Å². The molecule has 0 radical (unpaired) electrons. The highest BCUT2D eigenvalue weighted by Gasteiger charge is 2.32. The SMILES string of the molecule is Cc1nc(C)c(C(=O)Nc2cccc(C(=O)N3CCCCC3C(=O)O)c2)o1. The predicted octanol–water partition coefficient (Wildman–Crippen LogP) is 2.62. The molecule has 8 heteroatoms.